The zero-order valence-electron chi connectivity index (χ0n) is 19.5. The third-order valence-corrected chi connectivity index (χ3v) is 8.59. The molecule has 3 aromatic carbocycles. The minimum absolute atomic E-state index is 0.0683. The highest BCUT2D eigenvalue weighted by molar-refractivity contribution is 7.92. The van der Waals surface area contributed by atoms with Crippen LogP contribution in [0.1, 0.15) is 20.8 Å². The molecule has 34 heavy (non-hydrogen) atoms. The molecule has 4 rings (SSSR count). The largest absolute Gasteiger partial charge is 0.496 e. The number of carbonyl (C=O) groups is 1. The first-order chi connectivity index (χ1) is 16.2. The summed E-state index contributed by atoms with van der Waals surface area (Å²) >= 11 is 1.40. The summed E-state index contributed by atoms with van der Waals surface area (Å²) in [6.07, 6.45) is 0. The van der Waals surface area contributed by atoms with Crippen LogP contribution in [0, 0.1) is 6.92 Å². The molecule has 0 saturated heterocycles. The molecule has 1 heterocycles. The van der Waals surface area contributed by atoms with Gasteiger partial charge in [-0.15, -0.1) is 11.3 Å². The van der Waals surface area contributed by atoms with E-state index in [1.165, 1.54) is 22.7 Å². The van der Waals surface area contributed by atoms with Gasteiger partial charge in [0, 0.05) is 25.3 Å². The second-order valence-corrected chi connectivity index (χ2v) is 11.1. The lowest BCUT2D eigenvalue weighted by molar-refractivity contribution is 0.0790. The maximum atomic E-state index is 13.2. The molecule has 0 atom stereocenters. The molecule has 0 fully saturated rings. The van der Waals surface area contributed by atoms with E-state index < -0.39 is 10.0 Å². The van der Waals surface area contributed by atoms with Gasteiger partial charge in [0.1, 0.15) is 5.75 Å². The van der Waals surface area contributed by atoms with Crippen molar-refractivity contribution in [1.29, 1.82) is 0 Å². The molecule has 1 amide bonds. The Balaban J connectivity index is 1.59. The van der Waals surface area contributed by atoms with Crippen LogP contribution in [-0.2, 0) is 16.6 Å². The van der Waals surface area contributed by atoms with Crippen LogP contribution in [0.3, 0.4) is 0 Å². The van der Waals surface area contributed by atoms with Crippen molar-refractivity contribution in [2.45, 2.75) is 18.4 Å². The van der Waals surface area contributed by atoms with E-state index in [4.69, 9.17) is 4.74 Å². The van der Waals surface area contributed by atoms with Crippen LogP contribution in [0.4, 0.5) is 5.69 Å². The average Bonchev–Trinajstić information content (AvgIpc) is 3.27. The maximum Gasteiger partial charge on any atom is 0.264 e. The van der Waals surface area contributed by atoms with E-state index in [0.29, 0.717) is 22.9 Å². The van der Waals surface area contributed by atoms with Crippen LogP contribution in [0.25, 0.3) is 10.1 Å². The summed E-state index contributed by atoms with van der Waals surface area (Å²) in [5.41, 5.74) is 2.32. The highest BCUT2D eigenvalue weighted by Crippen LogP contribution is 2.32. The zero-order chi connectivity index (χ0) is 24.5. The molecular weight excluding hydrogens is 468 g/mol. The van der Waals surface area contributed by atoms with E-state index in [-0.39, 0.29) is 10.8 Å². The molecule has 0 aliphatic carbocycles. The number of thiophene rings is 1. The highest BCUT2D eigenvalue weighted by atomic mass is 32.2. The molecule has 176 valence electrons. The van der Waals surface area contributed by atoms with Crippen LogP contribution in [0.2, 0.25) is 0 Å². The maximum absolute atomic E-state index is 13.2. The Bertz CT molecular complexity index is 1450. The molecule has 4 aromatic rings. The number of amides is 1. The molecule has 0 aliphatic rings. The SMILES string of the molecule is COc1ccc(S(=O)(=O)N(C)c2ccc3sc(C(=O)N(C)Cc4ccccc4)cc3c2)cc1C. The molecular formula is C26H26N2O4S2. The van der Waals surface area contributed by atoms with E-state index >= 15 is 0 Å². The van der Waals surface area contributed by atoms with Crippen molar-refractivity contribution >= 4 is 43.0 Å². The van der Waals surface area contributed by atoms with Gasteiger partial charge >= 0.3 is 0 Å². The fourth-order valence-corrected chi connectivity index (χ4v) is 6.07. The van der Waals surface area contributed by atoms with Crippen molar-refractivity contribution < 1.29 is 17.9 Å². The van der Waals surface area contributed by atoms with Gasteiger partial charge in [0.15, 0.2) is 0 Å². The number of fused-ring (bicyclic) bond motifs is 1. The number of carbonyl (C=O) groups excluding carboxylic acids is 1. The number of rotatable bonds is 7. The summed E-state index contributed by atoms with van der Waals surface area (Å²) < 4.78 is 33.9. The molecule has 0 N–H and O–H groups in total. The first kappa shape index (κ1) is 23.8. The van der Waals surface area contributed by atoms with Gasteiger partial charge in [0.05, 0.1) is 22.6 Å². The van der Waals surface area contributed by atoms with Crippen LogP contribution in [0.15, 0.2) is 77.7 Å². The summed E-state index contributed by atoms with van der Waals surface area (Å²) in [5.74, 6) is 0.567. The molecule has 0 unspecified atom stereocenters. The van der Waals surface area contributed by atoms with Crippen LogP contribution >= 0.6 is 11.3 Å². The van der Waals surface area contributed by atoms with Crippen molar-refractivity contribution in [3.05, 3.63) is 88.8 Å². The Morgan fingerprint density at radius 1 is 0.971 bits per heavy atom. The molecule has 0 spiro atoms. The van der Waals surface area contributed by atoms with Gasteiger partial charge in [-0.3, -0.25) is 9.10 Å². The number of benzene rings is 3. The molecule has 1 aromatic heterocycles. The summed E-state index contributed by atoms with van der Waals surface area (Å²) in [6.45, 7) is 2.32. The average molecular weight is 495 g/mol. The number of hydrogen-bond acceptors (Lipinski definition) is 5. The highest BCUT2D eigenvalue weighted by Gasteiger charge is 2.23. The smallest absolute Gasteiger partial charge is 0.264 e. The fraction of sp³-hybridized carbons (Fsp3) is 0.192. The third-order valence-electron chi connectivity index (χ3n) is 5.71. The second kappa shape index (κ2) is 9.48. The summed E-state index contributed by atoms with van der Waals surface area (Å²) in [7, 11) is 1.10. The quantitative estimate of drug-likeness (QED) is 0.349. The molecule has 8 heteroatoms. The summed E-state index contributed by atoms with van der Waals surface area (Å²) in [5, 5.41) is 0.826. The molecule has 0 radical (unpaired) electrons. The van der Waals surface area contributed by atoms with Gasteiger partial charge < -0.3 is 9.64 Å². The summed E-state index contributed by atoms with van der Waals surface area (Å²) in [4.78, 5) is 15.5. The first-order valence-electron chi connectivity index (χ1n) is 10.7. The minimum Gasteiger partial charge on any atom is -0.496 e. The Morgan fingerprint density at radius 3 is 2.38 bits per heavy atom. The normalized spacial score (nSPS) is 11.4. The van der Waals surface area contributed by atoms with Gasteiger partial charge in [-0.25, -0.2) is 8.42 Å². The monoisotopic (exact) mass is 494 g/mol. The lowest BCUT2D eigenvalue weighted by Crippen LogP contribution is -2.26. The van der Waals surface area contributed by atoms with E-state index in [1.807, 2.05) is 49.4 Å². The van der Waals surface area contributed by atoms with Gasteiger partial charge in [0.25, 0.3) is 15.9 Å². The van der Waals surface area contributed by atoms with Gasteiger partial charge in [-0.1, -0.05) is 30.3 Å². The molecule has 0 bridgehead atoms. The number of hydrogen-bond donors (Lipinski definition) is 0. The number of aryl methyl sites for hydroxylation is 1. The van der Waals surface area contributed by atoms with Crippen LogP contribution in [0.5, 0.6) is 5.75 Å². The number of anilines is 1. The van der Waals surface area contributed by atoms with E-state index in [2.05, 4.69) is 0 Å². The van der Waals surface area contributed by atoms with E-state index in [1.54, 1.807) is 49.4 Å². The van der Waals surface area contributed by atoms with Crippen LogP contribution < -0.4 is 9.04 Å². The standard InChI is InChI=1S/C26H26N2O4S2/c1-18-14-22(11-12-23(18)32-4)34(30,31)28(3)21-10-13-24-20(15-21)16-25(33-24)26(29)27(2)17-19-8-6-5-7-9-19/h5-16H,17H2,1-4H3. The van der Waals surface area contributed by atoms with Crippen molar-refractivity contribution in [2.75, 3.05) is 25.5 Å². The van der Waals surface area contributed by atoms with Crippen LogP contribution in [-0.4, -0.2) is 40.4 Å². The number of nitrogens with zero attached hydrogens (tertiary/aromatic N) is 2. The van der Waals surface area contributed by atoms with Gasteiger partial charge in [0.2, 0.25) is 0 Å². The lowest BCUT2D eigenvalue weighted by Gasteiger charge is -2.20. The number of ether oxygens (including phenoxy) is 1. The van der Waals surface area contributed by atoms with Crippen molar-refractivity contribution in [2.24, 2.45) is 0 Å². The zero-order valence-corrected chi connectivity index (χ0v) is 21.1. The predicted molar refractivity (Wildman–Crippen MR) is 137 cm³/mol. The number of sulfonamides is 1. The molecule has 6 nitrogen and oxygen atoms in total. The first-order valence-corrected chi connectivity index (χ1v) is 12.9. The Labute approximate surface area is 204 Å². The topological polar surface area (TPSA) is 66.9 Å². The molecule has 0 aliphatic heterocycles. The summed E-state index contributed by atoms with van der Waals surface area (Å²) in [6, 6.07) is 21.9. The molecule has 0 saturated carbocycles. The Hall–Kier alpha value is -3.36. The minimum atomic E-state index is -3.76. The predicted octanol–water partition coefficient (Wildman–Crippen LogP) is 5.32. The van der Waals surface area contributed by atoms with Gasteiger partial charge in [-0.05, 0) is 65.9 Å². The second-order valence-electron chi connectivity index (χ2n) is 8.08. The Kier molecular flexibility index (Phi) is 6.63. The number of methoxy groups -OCH3 is 1. The van der Waals surface area contributed by atoms with Crippen molar-refractivity contribution in [3.63, 3.8) is 0 Å². The lowest BCUT2D eigenvalue weighted by atomic mass is 10.2. The van der Waals surface area contributed by atoms with E-state index in [0.717, 1.165) is 21.2 Å². The third kappa shape index (κ3) is 4.64. The van der Waals surface area contributed by atoms with Crippen molar-refractivity contribution in [1.82, 2.24) is 4.90 Å². The van der Waals surface area contributed by atoms with E-state index in [9.17, 15) is 13.2 Å². The fourth-order valence-electron chi connectivity index (χ4n) is 3.76. The Morgan fingerprint density at radius 2 is 1.71 bits per heavy atom. The van der Waals surface area contributed by atoms with Crippen molar-refractivity contribution in [3.8, 4) is 5.75 Å². The van der Waals surface area contributed by atoms with Gasteiger partial charge in [-0.2, -0.15) is 0 Å².